The van der Waals surface area contributed by atoms with Gasteiger partial charge < -0.3 is 10.6 Å². The van der Waals surface area contributed by atoms with E-state index in [-0.39, 0.29) is 23.8 Å². The molecule has 2 aromatic carbocycles. The normalized spacial score (nSPS) is 17.7. The van der Waals surface area contributed by atoms with Crippen LogP contribution in [0.25, 0.3) is 10.8 Å². The fourth-order valence-electron chi connectivity index (χ4n) is 3.39. The monoisotopic (exact) mass is 389 g/mol. The summed E-state index contributed by atoms with van der Waals surface area (Å²) in [6.07, 6.45) is 3.49. The van der Waals surface area contributed by atoms with Gasteiger partial charge in [0.1, 0.15) is 0 Å². The van der Waals surface area contributed by atoms with Gasteiger partial charge in [-0.2, -0.15) is 0 Å². The lowest BCUT2D eigenvalue weighted by Crippen LogP contribution is -2.34. The van der Waals surface area contributed by atoms with E-state index in [2.05, 4.69) is 15.4 Å². The highest BCUT2D eigenvalue weighted by atomic mass is 32.2. The number of carbonyl (C=O) groups excluding carboxylic acids is 1. The van der Waals surface area contributed by atoms with E-state index in [4.69, 9.17) is 0 Å². The number of carbonyl (C=O) groups is 1. The maximum atomic E-state index is 12.4. The second kappa shape index (κ2) is 9.30. The molecular formula is C20H27N3O3S. The molecule has 6 nitrogen and oxygen atoms in total. The smallest absolute Gasteiger partial charge is 0.240 e. The Hall–Kier alpha value is -1.96. The van der Waals surface area contributed by atoms with Crippen LogP contribution in [0.1, 0.15) is 25.7 Å². The third-order valence-corrected chi connectivity index (χ3v) is 6.41. The quantitative estimate of drug-likeness (QED) is 0.645. The lowest BCUT2D eigenvalue weighted by molar-refractivity contribution is -0.120. The highest BCUT2D eigenvalue weighted by Crippen LogP contribution is 2.18. The number of sulfonamides is 1. The Morgan fingerprint density at radius 3 is 2.70 bits per heavy atom. The molecule has 1 unspecified atom stereocenters. The van der Waals surface area contributed by atoms with E-state index in [1.165, 1.54) is 12.8 Å². The van der Waals surface area contributed by atoms with Crippen molar-refractivity contribution in [3.05, 3.63) is 42.5 Å². The molecule has 0 spiro atoms. The zero-order valence-electron chi connectivity index (χ0n) is 15.4. The van der Waals surface area contributed by atoms with Crippen LogP contribution < -0.4 is 15.4 Å². The van der Waals surface area contributed by atoms with Crippen molar-refractivity contribution in [1.82, 2.24) is 15.4 Å². The summed E-state index contributed by atoms with van der Waals surface area (Å²) >= 11 is 0. The number of hydrogen-bond donors (Lipinski definition) is 3. The number of benzene rings is 2. The Labute approximate surface area is 160 Å². The molecule has 0 aromatic heterocycles. The van der Waals surface area contributed by atoms with Crippen molar-refractivity contribution in [2.24, 2.45) is 5.92 Å². The van der Waals surface area contributed by atoms with E-state index in [9.17, 15) is 13.2 Å². The number of hydrogen-bond acceptors (Lipinski definition) is 4. The summed E-state index contributed by atoms with van der Waals surface area (Å²) in [6, 6.07) is 12.6. The summed E-state index contributed by atoms with van der Waals surface area (Å²) in [5, 5.41) is 8.10. The molecule has 3 rings (SSSR count). The fraction of sp³-hybridized carbons (Fsp3) is 0.450. The first kappa shape index (κ1) is 19.8. The summed E-state index contributed by atoms with van der Waals surface area (Å²) < 4.78 is 27.4. The Bertz CT molecular complexity index is 877. The summed E-state index contributed by atoms with van der Waals surface area (Å²) in [6.45, 7) is 2.83. The second-order valence-corrected chi connectivity index (χ2v) is 8.77. The van der Waals surface area contributed by atoms with Gasteiger partial charge in [0.05, 0.1) is 4.90 Å². The zero-order chi connectivity index (χ0) is 19.1. The molecule has 1 amide bonds. The molecular weight excluding hydrogens is 362 g/mol. The van der Waals surface area contributed by atoms with Crippen molar-refractivity contribution in [3.63, 3.8) is 0 Å². The first-order valence-corrected chi connectivity index (χ1v) is 11.0. The largest absolute Gasteiger partial charge is 0.356 e. The number of nitrogens with one attached hydrogen (secondary N) is 3. The molecule has 3 N–H and O–H groups in total. The summed E-state index contributed by atoms with van der Waals surface area (Å²) in [4.78, 5) is 12.1. The van der Waals surface area contributed by atoms with Crippen LogP contribution >= 0.6 is 0 Å². The van der Waals surface area contributed by atoms with Crippen LogP contribution in [0.3, 0.4) is 0 Å². The van der Waals surface area contributed by atoms with E-state index in [0.717, 1.165) is 30.3 Å². The highest BCUT2D eigenvalue weighted by molar-refractivity contribution is 7.89. The van der Waals surface area contributed by atoms with Crippen molar-refractivity contribution >= 4 is 26.7 Å². The maximum Gasteiger partial charge on any atom is 0.240 e. The third-order valence-electron chi connectivity index (χ3n) is 4.95. The SMILES string of the molecule is O=C(CCNS(=O)(=O)c1ccc2ccccc2c1)NCCC1CCCNC1. The molecule has 0 bridgehead atoms. The lowest BCUT2D eigenvalue weighted by atomic mass is 9.96. The predicted molar refractivity (Wildman–Crippen MR) is 107 cm³/mol. The molecule has 146 valence electrons. The van der Waals surface area contributed by atoms with Crippen molar-refractivity contribution in [1.29, 1.82) is 0 Å². The van der Waals surface area contributed by atoms with Crippen LogP contribution in [0.4, 0.5) is 0 Å². The van der Waals surface area contributed by atoms with Gasteiger partial charge in [0.2, 0.25) is 15.9 Å². The Balaban J connectivity index is 1.43. The minimum Gasteiger partial charge on any atom is -0.356 e. The summed E-state index contributed by atoms with van der Waals surface area (Å²) in [5.41, 5.74) is 0. The zero-order valence-corrected chi connectivity index (χ0v) is 16.2. The van der Waals surface area contributed by atoms with Gasteiger partial charge in [-0.15, -0.1) is 0 Å². The van der Waals surface area contributed by atoms with E-state index in [0.29, 0.717) is 12.5 Å². The fourth-order valence-corrected chi connectivity index (χ4v) is 4.46. The average Bonchev–Trinajstić information content (AvgIpc) is 2.68. The van der Waals surface area contributed by atoms with Crippen LogP contribution in [-0.2, 0) is 14.8 Å². The molecule has 2 aromatic rings. The maximum absolute atomic E-state index is 12.4. The van der Waals surface area contributed by atoms with Crippen molar-refractivity contribution in [2.45, 2.75) is 30.6 Å². The summed E-state index contributed by atoms with van der Waals surface area (Å²) in [5.74, 6) is 0.491. The lowest BCUT2D eigenvalue weighted by Gasteiger charge is -2.22. The molecule has 1 fully saturated rings. The molecule has 0 saturated carbocycles. The number of piperidine rings is 1. The van der Waals surface area contributed by atoms with Gasteiger partial charge in [-0.1, -0.05) is 30.3 Å². The predicted octanol–water partition coefficient (Wildman–Crippen LogP) is 2.01. The molecule has 1 saturated heterocycles. The molecule has 1 heterocycles. The van der Waals surface area contributed by atoms with Gasteiger partial charge >= 0.3 is 0 Å². The third kappa shape index (κ3) is 5.76. The summed E-state index contributed by atoms with van der Waals surface area (Å²) in [7, 11) is -3.62. The molecule has 1 aliphatic rings. The van der Waals surface area contributed by atoms with Crippen LogP contribution in [0.5, 0.6) is 0 Å². The van der Waals surface area contributed by atoms with Gasteiger partial charge in [0, 0.05) is 19.5 Å². The van der Waals surface area contributed by atoms with Crippen molar-refractivity contribution in [3.8, 4) is 0 Å². The van der Waals surface area contributed by atoms with E-state index >= 15 is 0 Å². The van der Waals surface area contributed by atoms with Gasteiger partial charge in [-0.3, -0.25) is 4.79 Å². The highest BCUT2D eigenvalue weighted by Gasteiger charge is 2.15. The van der Waals surface area contributed by atoms with E-state index < -0.39 is 10.0 Å². The second-order valence-electron chi connectivity index (χ2n) is 7.01. The topological polar surface area (TPSA) is 87.3 Å². The van der Waals surface area contributed by atoms with Gasteiger partial charge in [0.25, 0.3) is 0 Å². The van der Waals surface area contributed by atoms with Gasteiger partial charge in [-0.05, 0) is 61.2 Å². The Morgan fingerprint density at radius 2 is 1.93 bits per heavy atom. The number of fused-ring (bicyclic) bond motifs is 1. The molecule has 27 heavy (non-hydrogen) atoms. The molecule has 0 aliphatic carbocycles. The average molecular weight is 390 g/mol. The molecule has 1 atom stereocenters. The molecule has 0 radical (unpaired) electrons. The van der Waals surface area contributed by atoms with Crippen molar-refractivity contribution < 1.29 is 13.2 Å². The molecule has 7 heteroatoms. The van der Waals surface area contributed by atoms with Crippen LogP contribution in [0, 0.1) is 5.92 Å². The van der Waals surface area contributed by atoms with Gasteiger partial charge in [-0.25, -0.2) is 13.1 Å². The standard InChI is InChI=1S/C20H27N3O3S/c24-20(22-12-9-16-4-3-11-21-15-16)10-13-23-27(25,26)19-8-7-17-5-1-2-6-18(17)14-19/h1-2,5-8,14,16,21,23H,3-4,9-13,15H2,(H,22,24). The van der Waals surface area contributed by atoms with Crippen LogP contribution in [-0.4, -0.2) is 40.5 Å². The van der Waals surface area contributed by atoms with Gasteiger partial charge in [0.15, 0.2) is 0 Å². The molecule has 1 aliphatic heterocycles. The minimum atomic E-state index is -3.62. The van der Waals surface area contributed by atoms with Crippen LogP contribution in [0.2, 0.25) is 0 Å². The minimum absolute atomic E-state index is 0.0893. The Morgan fingerprint density at radius 1 is 1.11 bits per heavy atom. The van der Waals surface area contributed by atoms with E-state index in [1.54, 1.807) is 18.2 Å². The van der Waals surface area contributed by atoms with Crippen molar-refractivity contribution in [2.75, 3.05) is 26.2 Å². The van der Waals surface area contributed by atoms with E-state index in [1.807, 2.05) is 24.3 Å². The number of amides is 1. The number of rotatable bonds is 8. The first-order chi connectivity index (χ1) is 13.0. The van der Waals surface area contributed by atoms with Crippen LogP contribution in [0.15, 0.2) is 47.4 Å². The first-order valence-electron chi connectivity index (χ1n) is 9.50. The Kier molecular flexibility index (Phi) is 6.82.